The molecule has 0 aliphatic rings. The lowest BCUT2D eigenvalue weighted by Gasteiger charge is -2.13. The number of carbonyl (C=O) groups is 1. The van der Waals surface area contributed by atoms with E-state index in [4.69, 9.17) is 26.5 Å². The third-order valence-electron chi connectivity index (χ3n) is 4.20. The van der Waals surface area contributed by atoms with E-state index in [0.29, 0.717) is 17.3 Å². The Morgan fingerprint density at radius 1 is 1.14 bits per heavy atom. The smallest absolute Gasteiger partial charge is 0.264 e. The Balaban J connectivity index is 1.59. The number of furan rings is 1. The topological polar surface area (TPSA) is 83.7 Å². The van der Waals surface area contributed by atoms with E-state index in [1.54, 1.807) is 18.2 Å². The highest BCUT2D eigenvalue weighted by Gasteiger charge is 2.10. The van der Waals surface area contributed by atoms with Crippen LogP contribution in [0.25, 0.3) is 11.3 Å². The number of nitrogens with one attached hydrogen (secondary N) is 2. The minimum Gasteiger partial charge on any atom is -0.484 e. The van der Waals surface area contributed by atoms with Gasteiger partial charge in [0.05, 0.1) is 0 Å². The first-order valence-electron chi connectivity index (χ1n) is 9.05. The molecule has 0 unspecified atom stereocenters. The van der Waals surface area contributed by atoms with Crippen LogP contribution in [0, 0.1) is 13.8 Å². The van der Waals surface area contributed by atoms with Crippen LogP contribution in [0.4, 0.5) is 5.69 Å². The second kappa shape index (κ2) is 9.36. The average Bonchev–Trinajstić information content (AvgIpc) is 3.17. The lowest BCUT2D eigenvalue weighted by Crippen LogP contribution is -2.37. The first-order chi connectivity index (χ1) is 13.9. The van der Waals surface area contributed by atoms with E-state index in [0.717, 1.165) is 22.4 Å². The number of ether oxygens (including phenoxy) is 1. The molecule has 0 bridgehead atoms. The summed E-state index contributed by atoms with van der Waals surface area (Å²) in [6.07, 6.45) is 0. The van der Waals surface area contributed by atoms with Crippen LogP contribution in [0.2, 0.25) is 0 Å². The molecular weight excluding hydrogens is 388 g/mol. The minimum atomic E-state index is -0.351. The minimum absolute atomic E-state index is 0.138. The molecule has 3 rings (SSSR count). The molecule has 29 heavy (non-hydrogen) atoms. The Kier molecular flexibility index (Phi) is 6.64. The maximum absolute atomic E-state index is 12.1. The molecule has 2 aromatic carbocycles. The molecule has 0 radical (unpaired) electrons. The molecule has 1 heterocycles. The molecule has 6 nitrogen and oxygen atoms in total. The number of aryl methyl sites for hydroxylation is 2. The summed E-state index contributed by atoms with van der Waals surface area (Å²) in [5.41, 5.74) is 3.58. The SMILES string of the molecule is Cc1cccc(OCC(=O)NC(=S)Nc2cc(-c3ccc(CO)o3)ccc2C)c1. The number of aliphatic hydroxyl groups excluding tert-OH is 1. The maximum Gasteiger partial charge on any atom is 0.264 e. The molecule has 0 aliphatic carbocycles. The van der Waals surface area contributed by atoms with E-state index in [2.05, 4.69) is 10.6 Å². The number of anilines is 1. The van der Waals surface area contributed by atoms with Crippen molar-refractivity contribution in [2.45, 2.75) is 20.5 Å². The second-order valence-corrected chi connectivity index (χ2v) is 6.97. The fourth-order valence-electron chi connectivity index (χ4n) is 2.70. The molecule has 3 aromatic rings. The molecule has 0 atom stereocenters. The van der Waals surface area contributed by atoms with Gasteiger partial charge in [0.15, 0.2) is 11.7 Å². The lowest BCUT2D eigenvalue weighted by atomic mass is 10.1. The summed E-state index contributed by atoms with van der Waals surface area (Å²) in [5, 5.41) is 15.0. The Morgan fingerprint density at radius 3 is 2.69 bits per heavy atom. The standard InChI is InChI=1S/C22H22N2O4S/c1-14-4-3-5-17(10-14)27-13-21(26)24-22(29)23-19-11-16(7-6-15(19)2)20-9-8-18(12-25)28-20/h3-11,25H,12-13H2,1-2H3,(H2,23,24,26,29). The van der Waals surface area contributed by atoms with E-state index in [9.17, 15) is 4.79 Å². The van der Waals surface area contributed by atoms with Crippen molar-refractivity contribution in [1.29, 1.82) is 0 Å². The van der Waals surface area contributed by atoms with Gasteiger partial charge in [-0.3, -0.25) is 10.1 Å². The van der Waals surface area contributed by atoms with Crippen molar-refractivity contribution in [1.82, 2.24) is 5.32 Å². The van der Waals surface area contributed by atoms with Crippen molar-refractivity contribution in [3.63, 3.8) is 0 Å². The number of benzene rings is 2. The van der Waals surface area contributed by atoms with Gasteiger partial charge in [-0.15, -0.1) is 0 Å². The van der Waals surface area contributed by atoms with Crippen LogP contribution < -0.4 is 15.4 Å². The quantitative estimate of drug-likeness (QED) is 0.534. The van der Waals surface area contributed by atoms with Crippen LogP contribution in [0.3, 0.4) is 0 Å². The van der Waals surface area contributed by atoms with Gasteiger partial charge in [0.2, 0.25) is 0 Å². The Morgan fingerprint density at radius 2 is 1.97 bits per heavy atom. The first-order valence-corrected chi connectivity index (χ1v) is 9.46. The van der Waals surface area contributed by atoms with Gasteiger partial charge < -0.3 is 19.6 Å². The maximum atomic E-state index is 12.1. The van der Waals surface area contributed by atoms with Gasteiger partial charge >= 0.3 is 0 Å². The summed E-state index contributed by atoms with van der Waals surface area (Å²) in [5.74, 6) is 1.41. The van der Waals surface area contributed by atoms with Gasteiger partial charge in [-0.05, 0) is 67.5 Å². The zero-order chi connectivity index (χ0) is 20.8. The molecule has 0 saturated carbocycles. The number of hydrogen-bond donors (Lipinski definition) is 3. The van der Waals surface area contributed by atoms with Crippen molar-refractivity contribution in [2.75, 3.05) is 11.9 Å². The van der Waals surface area contributed by atoms with Gasteiger partial charge in [0, 0.05) is 11.3 Å². The number of hydrogen-bond acceptors (Lipinski definition) is 5. The number of carbonyl (C=O) groups excluding carboxylic acids is 1. The van der Waals surface area contributed by atoms with E-state index in [-0.39, 0.29) is 24.2 Å². The van der Waals surface area contributed by atoms with Crippen molar-refractivity contribution < 1.29 is 19.1 Å². The summed E-state index contributed by atoms with van der Waals surface area (Å²) < 4.78 is 11.0. The first kappa shape index (κ1) is 20.6. The van der Waals surface area contributed by atoms with Crippen LogP contribution in [0.15, 0.2) is 59.0 Å². The average molecular weight is 410 g/mol. The number of thiocarbonyl (C=S) groups is 1. The highest BCUT2D eigenvalue weighted by molar-refractivity contribution is 7.80. The summed E-state index contributed by atoms with van der Waals surface area (Å²) in [6.45, 7) is 3.59. The molecule has 1 aromatic heterocycles. The molecule has 3 N–H and O–H groups in total. The highest BCUT2D eigenvalue weighted by Crippen LogP contribution is 2.27. The van der Waals surface area contributed by atoms with Gasteiger partial charge in [-0.25, -0.2) is 0 Å². The predicted molar refractivity (Wildman–Crippen MR) is 116 cm³/mol. The van der Waals surface area contributed by atoms with E-state index >= 15 is 0 Å². The molecule has 0 aliphatic heterocycles. The predicted octanol–water partition coefficient (Wildman–Crippen LogP) is 3.95. The molecule has 1 amide bonds. The summed E-state index contributed by atoms with van der Waals surface area (Å²) in [4.78, 5) is 12.1. The van der Waals surface area contributed by atoms with E-state index in [1.165, 1.54) is 0 Å². The van der Waals surface area contributed by atoms with Gasteiger partial charge in [0.1, 0.15) is 23.9 Å². The Labute approximate surface area is 174 Å². The van der Waals surface area contributed by atoms with Crippen molar-refractivity contribution in [2.24, 2.45) is 0 Å². The van der Waals surface area contributed by atoms with Crippen LogP contribution in [0.5, 0.6) is 5.75 Å². The zero-order valence-electron chi connectivity index (χ0n) is 16.2. The van der Waals surface area contributed by atoms with Crippen molar-refractivity contribution >= 4 is 28.9 Å². The highest BCUT2D eigenvalue weighted by atomic mass is 32.1. The van der Waals surface area contributed by atoms with Crippen LogP contribution in [-0.2, 0) is 11.4 Å². The zero-order valence-corrected chi connectivity index (χ0v) is 17.0. The Hall–Kier alpha value is -3.16. The van der Waals surface area contributed by atoms with Crippen LogP contribution in [0.1, 0.15) is 16.9 Å². The monoisotopic (exact) mass is 410 g/mol. The third-order valence-corrected chi connectivity index (χ3v) is 4.40. The normalized spacial score (nSPS) is 10.4. The van der Waals surface area contributed by atoms with Gasteiger partial charge in [0.25, 0.3) is 5.91 Å². The van der Waals surface area contributed by atoms with Crippen molar-refractivity contribution in [3.8, 4) is 17.1 Å². The fraction of sp³-hybridized carbons (Fsp3) is 0.182. The molecule has 7 heteroatoms. The largest absolute Gasteiger partial charge is 0.484 e. The van der Waals surface area contributed by atoms with E-state index < -0.39 is 0 Å². The molecule has 150 valence electrons. The number of aliphatic hydroxyl groups is 1. The Bertz CT molecular complexity index is 1030. The summed E-state index contributed by atoms with van der Waals surface area (Å²) in [7, 11) is 0. The van der Waals surface area contributed by atoms with Gasteiger partial charge in [-0.2, -0.15) is 0 Å². The summed E-state index contributed by atoms with van der Waals surface area (Å²) in [6, 6.07) is 16.7. The van der Waals surface area contributed by atoms with Crippen molar-refractivity contribution in [3.05, 3.63) is 71.5 Å². The number of rotatable bonds is 6. The summed E-state index contributed by atoms with van der Waals surface area (Å²) >= 11 is 5.25. The lowest BCUT2D eigenvalue weighted by molar-refractivity contribution is -0.121. The molecule has 0 saturated heterocycles. The van der Waals surface area contributed by atoms with Crippen LogP contribution >= 0.6 is 12.2 Å². The molecular formula is C22H22N2O4S. The van der Waals surface area contributed by atoms with Gasteiger partial charge in [-0.1, -0.05) is 24.3 Å². The van der Waals surface area contributed by atoms with Crippen LogP contribution in [-0.4, -0.2) is 22.7 Å². The fourth-order valence-corrected chi connectivity index (χ4v) is 2.92. The molecule has 0 spiro atoms. The molecule has 0 fully saturated rings. The third kappa shape index (κ3) is 5.66. The number of amides is 1. The second-order valence-electron chi connectivity index (χ2n) is 6.56. The van der Waals surface area contributed by atoms with E-state index in [1.807, 2.05) is 50.2 Å².